The van der Waals surface area contributed by atoms with E-state index in [9.17, 15) is 9.18 Å². The fraction of sp³-hybridized carbons (Fsp3) is 0.857. The minimum Gasteiger partial charge on any atom is -0.337 e. The molecular weight excluding hydrogens is 133 g/mol. The Labute approximate surface area is 60.0 Å². The van der Waals surface area contributed by atoms with Crippen LogP contribution in [0.4, 0.5) is 4.39 Å². The minimum absolute atomic E-state index is 0.0207. The van der Waals surface area contributed by atoms with Crippen LogP contribution in [0.5, 0.6) is 0 Å². The molecule has 0 bridgehead atoms. The number of carbonyl (C=O) groups excluding carboxylic acids is 1. The summed E-state index contributed by atoms with van der Waals surface area (Å²) in [6, 6.07) is 0.0903. The van der Waals surface area contributed by atoms with Gasteiger partial charge >= 0.3 is 0 Å². The first-order valence-corrected chi connectivity index (χ1v) is 3.52. The van der Waals surface area contributed by atoms with Crippen molar-refractivity contribution in [3.05, 3.63) is 0 Å². The lowest BCUT2D eigenvalue weighted by atomic mass is 10.2. The summed E-state index contributed by atoms with van der Waals surface area (Å²) in [6.45, 7) is 3.64. The number of hydrogen-bond donors (Lipinski definition) is 0. The molecule has 2 nitrogen and oxygen atoms in total. The van der Waals surface area contributed by atoms with Crippen molar-refractivity contribution in [1.29, 1.82) is 0 Å². The van der Waals surface area contributed by atoms with Crippen molar-refractivity contribution in [1.82, 2.24) is 4.90 Å². The fourth-order valence-electron chi connectivity index (χ4n) is 1.40. The SMILES string of the molecule is CC(=O)N1CC(F)C[C@H]1C. The number of likely N-dealkylation sites (tertiary alicyclic amines) is 1. The van der Waals surface area contributed by atoms with Crippen LogP contribution in [0.15, 0.2) is 0 Å². The fourth-order valence-corrected chi connectivity index (χ4v) is 1.40. The maximum absolute atomic E-state index is 12.6. The van der Waals surface area contributed by atoms with E-state index in [0.29, 0.717) is 6.42 Å². The Morgan fingerprint density at radius 3 is 2.50 bits per heavy atom. The van der Waals surface area contributed by atoms with Gasteiger partial charge in [-0.05, 0) is 6.92 Å². The van der Waals surface area contributed by atoms with Gasteiger partial charge in [0.2, 0.25) is 5.91 Å². The van der Waals surface area contributed by atoms with E-state index in [1.54, 1.807) is 4.90 Å². The van der Waals surface area contributed by atoms with Crippen LogP contribution in [-0.4, -0.2) is 29.6 Å². The minimum atomic E-state index is -0.807. The highest BCUT2D eigenvalue weighted by Crippen LogP contribution is 2.19. The largest absolute Gasteiger partial charge is 0.337 e. The summed E-state index contributed by atoms with van der Waals surface area (Å²) in [7, 11) is 0. The molecule has 0 aromatic rings. The molecule has 1 amide bonds. The second-order valence-electron chi connectivity index (χ2n) is 2.85. The van der Waals surface area contributed by atoms with Crippen molar-refractivity contribution >= 4 is 5.91 Å². The average Bonchev–Trinajstić information content (AvgIpc) is 2.10. The maximum Gasteiger partial charge on any atom is 0.219 e. The molecule has 1 unspecified atom stereocenters. The number of halogens is 1. The van der Waals surface area contributed by atoms with Gasteiger partial charge < -0.3 is 4.90 Å². The molecule has 0 saturated carbocycles. The predicted octanol–water partition coefficient (Wildman–Crippen LogP) is 0.965. The molecule has 0 aromatic heterocycles. The van der Waals surface area contributed by atoms with Crippen molar-refractivity contribution in [2.45, 2.75) is 32.5 Å². The molecule has 0 spiro atoms. The van der Waals surface area contributed by atoms with E-state index < -0.39 is 6.17 Å². The Balaban J connectivity index is 2.54. The molecular formula is C7H12FNO. The highest BCUT2D eigenvalue weighted by Gasteiger charge is 2.29. The molecule has 58 valence electrons. The third-order valence-electron chi connectivity index (χ3n) is 1.93. The molecule has 3 heteroatoms. The van der Waals surface area contributed by atoms with Gasteiger partial charge in [0.15, 0.2) is 0 Å². The standard InChI is InChI=1S/C7H12FNO/c1-5-3-7(8)4-9(5)6(2)10/h5,7H,3-4H2,1-2H3/t5-,7?/m1/s1. The van der Waals surface area contributed by atoms with Crippen molar-refractivity contribution < 1.29 is 9.18 Å². The van der Waals surface area contributed by atoms with Crippen LogP contribution in [0, 0.1) is 0 Å². The van der Waals surface area contributed by atoms with Crippen LogP contribution in [0.3, 0.4) is 0 Å². The topological polar surface area (TPSA) is 20.3 Å². The normalized spacial score (nSPS) is 32.9. The Bertz CT molecular complexity index is 149. The molecule has 1 rings (SSSR count). The van der Waals surface area contributed by atoms with Crippen LogP contribution < -0.4 is 0 Å². The number of nitrogens with zero attached hydrogens (tertiary/aromatic N) is 1. The molecule has 2 atom stereocenters. The molecule has 1 heterocycles. The van der Waals surface area contributed by atoms with Gasteiger partial charge in [0, 0.05) is 19.4 Å². The second kappa shape index (κ2) is 2.56. The summed E-state index contributed by atoms with van der Waals surface area (Å²) in [5.74, 6) is -0.0207. The van der Waals surface area contributed by atoms with Crippen molar-refractivity contribution in [3.63, 3.8) is 0 Å². The van der Waals surface area contributed by atoms with Crippen molar-refractivity contribution in [2.75, 3.05) is 6.54 Å². The number of amides is 1. The first-order valence-electron chi connectivity index (χ1n) is 3.52. The number of carbonyl (C=O) groups is 1. The third-order valence-corrected chi connectivity index (χ3v) is 1.93. The van der Waals surface area contributed by atoms with Gasteiger partial charge in [0.05, 0.1) is 6.54 Å². The summed E-state index contributed by atoms with van der Waals surface area (Å²) in [5.41, 5.74) is 0. The van der Waals surface area contributed by atoms with Crippen LogP contribution >= 0.6 is 0 Å². The Kier molecular flexibility index (Phi) is 1.92. The summed E-state index contributed by atoms with van der Waals surface area (Å²) in [5, 5.41) is 0. The van der Waals surface area contributed by atoms with Crippen molar-refractivity contribution in [2.24, 2.45) is 0 Å². The first-order chi connectivity index (χ1) is 4.61. The molecule has 1 aliphatic heterocycles. The lowest BCUT2D eigenvalue weighted by molar-refractivity contribution is -0.129. The van der Waals surface area contributed by atoms with Gasteiger partial charge in [0.1, 0.15) is 6.17 Å². The number of alkyl halides is 1. The lowest BCUT2D eigenvalue weighted by Crippen LogP contribution is -2.31. The highest BCUT2D eigenvalue weighted by atomic mass is 19.1. The van der Waals surface area contributed by atoms with Gasteiger partial charge in [-0.3, -0.25) is 4.79 Å². The zero-order valence-electron chi connectivity index (χ0n) is 6.30. The average molecular weight is 145 g/mol. The molecule has 1 aliphatic rings. The van der Waals surface area contributed by atoms with E-state index in [2.05, 4.69) is 0 Å². The van der Waals surface area contributed by atoms with Crippen LogP contribution in [0.2, 0.25) is 0 Å². The zero-order chi connectivity index (χ0) is 7.72. The van der Waals surface area contributed by atoms with Gasteiger partial charge in [-0.25, -0.2) is 4.39 Å². The smallest absolute Gasteiger partial charge is 0.219 e. The Morgan fingerprint density at radius 2 is 2.30 bits per heavy atom. The summed E-state index contributed by atoms with van der Waals surface area (Å²) in [6.07, 6.45) is -0.307. The van der Waals surface area contributed by atoms with Crippen LogP contribution in [0.25, 0.3) is 0 Å². The Hall–Kier alpha value is -0.600. The lowest BCUT2D eigenvalue weighted by Gasteiger charge is -2.17. The van der Waals surface area contributed by atoms with E-state index in [0.717, 1.165) is 0 Å². The monoisotopic (exact) mass is 145 g/mol. The quantitative estimate of drug-likeness (QED) is 0.497. The van der Waals surface area contributed by atoms with Crippen LogP contribution in [-0.2, 0) is 4.79 Å². The van der Waals surface area contributed by atoms with Gasteiger partial charge in [0.25, 0.3) is 0 Å². The Morgan fingerprint density at radius 1 is 1.70 bits per heavy atom. The molecule has 1 saturated heterocycles. The second-order valence-corrected chi connectivity index (χ2v) is 2.85. The third kappa shape index (κ3) is 1.28. The van der Waals surface area contributed by atoms with E-state index in [-0.39, 0.29) is 18.5 Å². The van der Waals surface area contributed by atoms with E-state index in [1.165, 1.54) is 6.92 Å². The number of hydrogen-bond acceptors (Lipinski definition) is 1. The maximum atomic E-state index is 12.6. The summed E-state index contributed by atoms with van der Waals surface area (Å²) < 4.78 is 12.6. The van der Waals surface area contributed by atoms with Crippen molar-refractivity contribution in [3.8, 4) is 0 Å². The van der Waals surface area contributed by atoms with E-state index in [1.807, 2.05) is 6.92 Å². The zero-order valence-corrected chi connectivity index (χ0v) is 6.30. The van der Waals surface area contributed by atoms with Gasteiger partial charge in [-0.1, -0.05) is 0 Å². The van der Waals surface area contributed by atoms with Crippen LogP contribution in [0.1, 0.15) is 20.3 Å². The molecule has 0 aromatic carbocycles. The van der Waals surface area contributed by atoms with Gasteiger partial charge in [-0.15, -0.1) is 0 Å². The molecule has 0 N–H and O–H groups in total. The number of rotatable bonds is 0. The van der Waals surface area contributed by atoms with E-state index in [4.69, 9.17) is 0 Å². The molecule has 0 radical (unpaired) electrons. The van der Waals surface area contributed by atoms with E-state index >= 15 is 0 Å². The molecule has 0 aliphatic carbocycles. The molecule has 10 heavy (non-hydrogen) atoms. The first kappa shape index (κ1) is 7.51. The molecule has 1 fully saturated rings. The summed E-state index contributed by atoms with van der Waals surface area (Å²) >= 11 is 0. The van der Waals surface area contributed by atoms with Gasteiger partial charge in [-0.2, -0.15) is 0 Å². The predicted molar refractivity (Wildman–Crippen MR) is 36.4 cm³/mol. The highest BCUT2D eigenvalue weighted by molar-refractivity contribution is 5.73. The summed E-state index contributed by atoms with van der Waals surface area (Å²) in [4.78, 5) is 12.3.